The van der Waals surface area contributed by atoms with Crippen LogP contribution in [0, 0.1) is 0 Å². The van der Waals surface area contributed by atoms with E-state index in [1.54, 1.807) is 31.2 Å². The Morgan fingerprint density at radius 2 is 1.68 bits per heavy atom. The molecular weight excluding hydrogens is 476 g/mol. The van der Waals surface area contributed by atoms with Crippen molar-refractivity contribution in [3.8, 4) is 0 Å². The SMILES string of the molecule is C[C@H](Nc1cc(Cl)ccc1N1CCOCC1)C(=O)Nc1ccc(S(=O)(=O)N2CCCCC2)cc1. The smallest absolute Gasteiger partial charge is 0.246 e. The van der Waals surface area contributed by atoms with E-state index >= 15 is 0 Å². The molecule has 2 heterocycles. The maximum Gasteiger partial charge on any atom is 0.246 e. The van der Waals surface area contributed by atoms with Crippen LogP contribution in [0.25, 0.3) is 0 Å². The van der Waals surface area contributed by atoms with E-state index < -0.39 is 16.1 Å². The summed E-state index contributed by atoms with van der Waals surface area (Å²) in [4.78, 5) is 15.3. The minimum Gasteiger partial charge on any atom is -0.378 e. The summed E-state index contributed by atoms with van der Waals surface area (Å²) in [6.07, 6.45) is 2.84. The van der Waals surface area contributed by atoms with Crippen molar-refractivity contribution in [2.24, 2.45) is 0 Å². The molecule has 2 fully saturated rings. The molecule has 2 aliphatic rings. The number of carbonyl (C=O) groups is 1. The van der Waals surface area contributed by atoms with Gasteiger partial charge in [0.2, 0.25) is 15.9 Å². The largest absolute Gasteiger partial charge is 0.378 e. The van der Waals surface area contributed by atoms with E-state index in [0.29, 0.717) is 37.0 Å². The number of nitrogens with zero attached hydrogens (tertiary/aromatic N) is 2. The average Bonchev–Trinajstić information content (AvgIpc) is 2.85. The number of piperidine rings is 1. The number of amides is 1. The minimum absolute atomic E-state index is 0.237. The summed E-state index contributed by atoms with van der Waals surface area (Å²) >= 11 is 6.22. The number of benzene rings is 2. The molecule has 0 unspecified atom stereocenters. The van der Waals surface area contributed by atoms with E-state index in [4.69, 9.17) is 16.3 Å². The fourth-order valence-electron chi connectivity index (χ4n) is 4.22. The fraction of sp³-hybridized carbons (Fsp3) is 0.458. The van der Waals surface area contributed by atoms with Gasteiger partial charge in [-0.1, -0.05) is 18.0 Å². The molecule has 0 bridgehead atoms. The normalized spacial score (nSPS) is 18.4. The molecule has 0 saturated carbocycles. The van der Waals surface area contributed by atoms with E-state index in [1.165, 1.54) is 4.31 Å². The molecule has 2 N–H and O–H groups in total. The summed E-state index contributed by atoms with van der Waals surface area (Å²) in [5.74, 6) is -0.237. The highest BCUT2D eigenvalue weighted by molar-refractivity contribution is 7.89. The van der Waals surface area contributed by atoms with Crippen LogP contribution in [0.4, 0.5) is 17.1 Å². The van der Waals surface area contributed by atoms with Gasteiger partial charge >= 0.3 is 0 Å². The summed E-state index contributed by atoms with van der Waals surface area (Å²) in [6, 6.07) is 11.4. The van der Waals surface area contributed by atoms with Crippen molar-refractivity contribution in [1.29, 1.82) is 0 Å². The predicted octanol–water partition coefficient (Wildman–Crippen LogP) is 3.79. The van der Waals surface area contributed by atoms with Gasteiger partial charge in [0.1, 0.15) is 6.04 Å². The standard InChI is InChI=1S/C24H31ClN4O4S/c1-18(26-22-17-19(25)5-10-23(22)28-13-15-33-16-14-28)24(30)27-20-6-8-21(9-7-20)34(31,32)29-11-3-2-4-12-29/h5-10,17-18,26H,2-4,11-16H2,1H3,(H,27,30)/t18-/m0/s1. The van der Waals surface area contributed by atoms with Crippen LogP contribution in [-0.2, 0) is 19.6 Å². The highest BCUT2D eigenvalue weighted by Gasteiger charge is 2.26. The molecule has 10 heteroatoms. The molecule has 4 rings (SSSR count). The van der Waals surface area contributed by atoms with Gasteiger partial charge in [0.05, 0.1) is 29.5 Å². The van der Waals surface area contributed by atoms with Crippen molar-refractivity contribution >= 4 is 44.6 Å². The number of nitrogens with one attached hydrogen (secondary N) is 2. The Morgan fingerprint density at radius 1 is 1.00 bits per heavy atom. The van der Waals surface area contributed by atoms with Crippen LogP contribution in [0.15, 0.2) is 47.4 Å². The molecule has 2 aromatic rings. The number of carbonyl (C=O) groups excluding carboxylic acids is 1. The van der Waals surface area contributed by atoms with Gasteiger partial charge in [0, 0.05) is 36.9 Å². The number of morpholine rings is 1. The van der Waals surface area contributed by atoms with Crippen molar-refractivity contribution in [2.75, 3.05) is 54.9 Å². The van der Waals surface area contributed by atoms with Gasteiger partial charge in [0.15, 0.2) is 0 Å². The second kappa shape index (κ2) is 10.9. The Kier molecular flexibility index (Phi) is 7.98. The molecule has 0 radical (unpaired) electrons. The summed E-state index contributed by atoms with van der Waals surface area (Å²) in [6.45, 7) is 5.73. The molecular formula is C24H31ClN4O4S. The highest BCUT2D eigenvalue weighted by atomic mass is 35.5. The lowest BCUT2D eigenvalue weighted by Crippen LogP contribution is -2.37. The highest BCUT2D eigenvalue weighted by Crippen LogP contribution is 2.30. The molecule has 1 atom stereocenters. The van der Waals surface area contributed by atoms with Gasteiger partial charge in [-0.3, -0.25) is 4.79 Å². The van der Waals surface area contributed by atoms with Gasteiger partial charge in [-0.05, 0) is 62.2 Å². The first-order valence-electron chi connectivity index (χ1n) is 11.6. The topological polar surface area (TPSA) is 91.0 Å². The lowest BCUT2D eigenvalue weighted by molar-refractivity contribution is -0.116. The third-order valence-electron chi connectivity index (χ3n) is 6.15. The lowest BCUT2D eigenvalue weighted by atomic mass is 10.2. The van der Waals surface area contributed by atoms with Crippen molar-refractivity contribution in [1.82, 2.24) is 4.31 Å². The van der Waals surface area contributed by atoms with Crippen LogP contribution in [0.1, 0.15) is 26.2 Å². The number of hydrogen-bond donors (Lipinski definition) is 2. The number of hydrogen-bond acceptors (Lipinski definition) is 6. The zero-order valence-electron chi connectivity index (χ0n) is 19.3. The molecule has 2 saturated heterocycles. The average molecular weight is 507 g/mol. The van der Waals surface area contributed by atoms with Crippen LogP contribution < -0.4 is 15.5 Å². The van der Waals surface area contributed by atoms with Gasteiger partial charge in [-0.2, -0.15) is 4.31 Å². The van der Waals surface area contributed by atoms with E-state index in [1.807, 2.05) is 18.2 Å². The first-order valence-corrected chi connectivity index (χ1v) is 13.5. The van der Waals surface area contributed by atoms with Gasteiger partial charge in [0.25, 0.3) is 0 Å². The van der Waals surface area contributed by atoms with E-state index in [9.17, 15) is 13.2 Å². The second-order valence-corrected chi connectivity index (χ2v) is 11.0. The lowest BCUT2D eigenvalue weighted by Gasteiger charge is -2.31. The van der Waals surface area contributed by atoms with E-state index in [0.717, 1.165) is 43.7 Å². The van der Waals surface area contributed by atoms with Crippen molar-refractivity contribution < 1.29 is 17.9 Å². The van der Waals surface area contributed by atoms with Crippen LogP contribution in [-0.4, -0.2) is 64.1 Å². The molecule has 0 aromatic heterocycles. The monoisotopic (exact) mass is 506 g/mol. The number of ether oxygens (including phenoxy) is 1. The zero-order chi connectivity index (χ0) is 24.1. The molecule has 0 aliphatic carbocycles. The Hall–Kier alpha value is -2.33. The van der Waals surface area contributed by atoms with Crippen molar-refractivity contribution in [2.45, 2.75) is 37.1 Å². The van der Waals surface area contributed by atoms with Crippen molar-refractivity contribution in [3.05, 3.63) is 47.5 Å². The van der Waals surface area contributed by atoms with Crippen molar-refractivity contribution in [3.63, 3.8) is 0 Å². The Bertz CT molecular complexity index is 1100. The van der Waals surface area contributed by atoms with Crippen LogP contribution in [0.2, 0.25) is 5.02 Å². The first-order chi connectivity index (χ1) is 16.3. The van der Waals surface area contributed by atoms with E-state index in [-0.39, 0.29) is 10.8 Å². The molecule has 2 aliphatic heterocycles. The Morgan fingerprint density at radius 3 is 2.35 bits per heavy atom. The molecule has 0 spiro atoms. The first kappa shape index (κ1) is 24.8. The summed E-state index contributed by atoms with van der Waals surface area (Å²) in [5.41, 5.74) is 2.29. The third-order valence-corrected chi connectivity index (χ3v) is 8.30. The number of sulfonamides is 1. The quantitative estimate of drug-likeness (QED) is 0.593. The number of rotatable bonds is 7. The van der Waals surface area contributed by atoms with Crippen LogP contribution in [0.5, 0.6) is 0 Å². The van der Waals surface area contributed by atoms with Gasteiger partial charge in [-0.25, -0.2) is 8.42 Å². The fourth-order valence-corrected chi connectivity index (χ4v) is 5.91. The van der Waals surface area contributed by atoms with Gasteiger partial charge in [-0.15, -0.1) is 0 Å². The summed E-state index contributed by atoms with van der Waals surface area (Å²) < 4.78 is 32.6. The number of halogens is 1. The molecule has 2 aromatic carbocycles. The van der Waals surface area contributed by atoms with Crippen LogP contribution in [0.3, 0.4) is 0 Å². The summed E-state index contributed by atoms with van der Waals surface area (Å²) in [5, 5.41) is 6.70. The zero-order valence-corrected chi connectivity index (χ0v) is 20.9. The molecule has 34 heavy (non-hydrogen) atoms. The molecule has 1 amide bonds. The second-order valence-electron chi connectivity index (χ2n) is 8.61. The number of anilines is 3. The summed E-state index contributed by atoms with van der Waals surface area (Å²) in [7, 11) is -3.50. The maximum atomic E-state index is 12.9. The minimum atomic E-state index is -3.50. The van der Waals surface area contributed by atoms with E-state index in [2.05, 4.69) is 15.5 Å². The Labute approximate surface area is 206 Å². The van der Waals surface area contributed by atoms with Gasteiger partial charge < -0.3 is 20.3 Å². The molecule has 8 nitrogen and oxygen atoms in total. The van der Waals surface area contributed by atoms with Crippen LogP contribution >= 0.6 is 11.6 Å². The maximum absolute atomic E-state index is 12.9. The third kappa shape index (κ3) is 5.83. The Balaban J connectivity index is 1.41. The molecule has 184 valence electrons. The predicted molar refractivity (Wildman–Crippen MR) is 135 cm³/mol.